The minimum absolute atomic E-state index is 0.162. The second-order valence-electron chi connectivity index (χ2n) is 14.9. The standard InChI is InChI=1S/C46H49N/c1-10-33(24-38-26-35-13-11-12-14-39(35)32(6)31(38)5)23-34-15-18-40-36(25-34)16-20-43-45(40)46(7,8)41-27-37(17-19-42(41)47(43)9)44-29(3)21-28(2)22-30(44)4/h10,15-23,25-27H,1,11-14,24H2,2-9H3/b33-23-. The Morgan fingerprint density at radius 2 is 1.53 bits per heavy atom. The molecule has 0 spiro atoms. The van der Waals surface area contributed by atoms with Gasteiger partial charge < -0.3 is 4.90 Å². The highest BCUT2D eigenvalue weighted by Gasteiger charge is 2.37. The molecule has 0 radical (unpaired) electrons. The van der Waals surface area contributed by atoms with Crippen molar-refractivity contribution in [2.24, 2.45) is 0 Å². The smallest absolute Gasteiger partial charge is 0.0456 e. The molecule has 2 aliphatic rings. The highest BCUT2D eigenvalue weighted by atomic mass is 15.1. The summed E-state index contributed by atoms with van der Waals surface area (Å²) in [5.41, 5.74) is 21.9. The molecule has 1 heteroatoms. The molecule has 0 saturated carbocycles. The Balaban J connectivity index is 1.27. The maximum Gasteiger partial charge on any atom is 0.0456 e. The van der Waals surface area contributed by atoms with E-state index in [0.29, 0.717) is 0 Å². The fourth-order valence-corrected chi connectivity index (χ4v) is 8.85. The summed E-state index contributed by atoms with van der Waals surface area (Å²) in [5.74, 6) is 0. The summed E-state index contributed by atoms with van der Waals surface area (Å²) < 4.78 is 0. The molecule has 1 nitrogen and oxygen atoms in total. The number of anilines is 2. The van der Waals surface area contributed by atoms with Crippen molar-refractivity contribution in [3.63, 3.8) is 0 Å². The summed E-state index contributed by atoms with van der Waals surface area (Å²) >= 11 is 0. The second-order valence-corrected chi connectivity index (χ2v) is 14.9. The van der Waals surface area contributed by atoms with E-state index < -0.39 is 0 Å². The lowest BCUT2D eigenvalue weighted by Gasteiger charge is -2.41. The summed E-state index contributed by atoms with van der Waals surface area (Å²) in [4.78, 5) is 2.39. The molecule has 0 fully saturated rings. The molecule has 1 aliphatic carbocycles. The third kappa shape index (κ3) is 5.25. The largest absolute Gasteiger partial charge is 0.344 e. The van der Waals surface area contributed by atoms with Crippen LogP contribution < -0.4 is 4.90 Å². The van der Waals surface area contributed by atoms with E-state index in [1.165, 1.54) is 115 Å². The first-order chi connectivity index (χ1) is 22.5. The van der Waals surface area contributed by atoms with Crippen molar-refractivity contribution < 1.29 is 0 Å². The van der Waals surface area contributed by atoms with Crippen LogP contribution in [0.4, 0.5) is 11.4 Å². The van der Waals surface area contributed by atoms with Gasteiger partial charge in [-0.15, -0.1) is 0 Å². The molecule has 0 saturated heterocycles. The number of benzene rings is 5. The van der Waals surface area contributed by atoms with E-state index in [2.05, 4.69) is 146 Å². The third-order valence-corrected chi connectivity index (χ3v) is 11.4. The summed E-state index contributed by atoms with van der Waals surface area (Å²) in [6.45, 7) is 20.4. The highest BCUT2D eigenvalue weighted by molar-refractivity contribution is 5.97. The zero-order chi connectivity index (χ0) is 33.2. The Hall–Kier alpha value is -4.36. The number of hydrogen-bond donors (Lipinski definition) is 0. The first-order valence-electron chi connectivity index (χ1n) is 17.5. The monoisotopic (exact) mass is 615 g/mol. The summed E-state index contributed by atoms with van der Waals surface area (Å²) in [7, 11) is 2.22. The van der Waals surface area contributed by atoms with E-state index in [4.69, 9.17) is 0 Å². The molecule has 0 aromatic heterocycles. The zero-order valence-corrected chi connectivity index (χ0v) is 29.7. The first-order valence-corrected chi connectivity index (χ1v) is 17.5. The average molecular weight is 616 g/mol. The SMILES string of the molecule is C=C/C(=C/c1ccc2c3c(ccc2c1)N(C)c1ccc(-c2c(C)cc(C)cc2C)cc1C3(C)C)Cc1cc2c(c(C)c1C)CCCC2. The lowest BCUT2D eigenvalue weighted by Crippen LogP contribution is -2.31. The van der Waals surface area contributed by atoms with Crippen molar-refractivity contribution in [3.05, 3.63) is 146 Å². The predicted molar refractivity (Wildman–Crippen MR) is 205 cm³/mol. The first kappa shape index (κ1) is 31.3. The quantitative estimate of drug-likeness (QED) is 0.178. The summed E-state index contributed by atoms with van der Waals surface area (Å²) in [5, 5.41) is 2.62. The molecular weight excluding hydrogens is 567 g/mol. The highest BCUT2D eigenvalue weighted by Crippen LogP contribution is 2.52. The van der Waals surface area contributed by atoms with Crippen LogP contribution in [0.1, 0.15) is 87.9 Å². The van der Waals surface area contributed by atoms with Gasteiger partial charge in [0.25, 0.3) is 0 Å². The van der Waals surface area contributed by atoms with Crippen LogP contribution in [-0.2, 0) is 24.7 Å². The molecular formula is C46H49N. The van der Waals surface area contributed by atoms with Crippen LogP contribution >= 0.6 is 0 Å². The maximum absolute atomic E-state index is 4.23. The van der Waals surface area contributed by atoms with Crippen LogP contribution in [0.15, 0.2) is 85.0 Å². The van der Waals surface area contributed by atoms with Crippen LogP contribution in [0.2, 0.25) is 0 Å². The van der Waals surface area contributed by atoms with Crippen LogP contribution in [0.5, 0.6) is 0 Å². The van der Waals surface area contributed by atoms with Crippen molar-refractivity contribution >= 4 is 28.2 Å². The van der Waals surface area contributed by atoms with Gasteiger partial charge in [0, 0.05) is 23.8 Å². The molecule has 0 unspecified atom stereocenters. The van der Waals surface area contributed by atoms with Crippen molar-refractivity contribution in [2.75, 3.05) is 11.9 Å². The van der Waals surface area contributed by atoms with E-state index in [1.54, 1.807) is 11.1 Å². The summed E-state index contributed by atoms with van der Waals surface area (Å²) in [6.07, 6.45) is 10.4. The Morgan fingerprint density at radius 3 is 2.28 bits per heavy atom. The number of allylic oxidation sites excluding steroid dienone is 2. The Kier molecular flexibility index (Phi) is 7.79. The van der Waals surface area contributed by atoms with E-state index in [1.807, 2.05) is 0 Å². The van der Waals surface area contributed by atoms with Gasteiger partial charge in [0.15, 0.2) is 0 Å². The molecule has 1 aliphatic heterocycles. The van der Waals surface area contributed by atoms with Gasteiger partial charge in [-0.3, -0.25) is 0 Å². The average Bonchev–Trinajstić information content (AvgIpc) is 3.04. The van der Waals surface area contributed by atoms with Gasteiger partial charge in [-0.2, -0.15) is 0 Å². The van der Waals surface area contributed by atoms with Gasteiger partial charge in [-0.25, -0.2) is 0 Å². The van der Waals surface area contributed by atoms with Gasteiger partial charge in [-0.1, -0.05) is 80.6 Å². The van der Waals surface area contributed by atoms with Crippen LogP contribution in [-0.4, -0.2) is 7.05 Å². The van der Waals surface area contributed by atoms with Crippen molar-refractivity contribution in [1.29, 1.82) is 0 Å². The fourth-order valence-electron chi connectivity index (χ4n) is 8.85. The Bertz CT molecular complexity index is 2100. The predicted octanol–water partition coefficient (Wildman–Crippen LogP) is 12.1. The van der Waals surface area contributed by atoms with Crippen molar-refractivity contribution in [1.82, 2.24) is 0 Å². The number of aryl methyl sites for hydroxylation is 4. The van der Waals surface area contributed by atoms with Crippen molar-refractivity contribution in [2.45, 2.75) is 86.0 Å². The van der Waals surface area contributed by atoms with E-state index >= 15 is 0 Å². The van der Waals surface area contributed by atoms with Crippen molar-refractivity contribution in [3.8, 4) is 11.1 Å². The van der Waals surface area contributed by atoms with E-state index in [-0.39, 0.29) is 5.41 Å². The van der Waals surface area contributed by atoms with Gasteiger partial charge in [-0.05, 0) is 174 Å². The van der Waals surface area contributed by atoms with Crippen LogP contribution in [0.25, 0.3) is 28.0 Å². The molecule has 5 aromatic carbocycles. The molecule has 0 atom stereocenters. The van der Waals surface area contributed by atoms with Gasteiger partial charge in [0.1, 0.15) is 0 Å². The van der Waals surface area contributed by atoms with Gasteiger partial charge >= 0.3 is 0 Å². The number of fused-ring (bicyclic) bond motifs is 5. The van der Waals surface area contributed by atoms with E-state index in [9.17, 15) is 0 Å². The molecule has 0 N–H and O–H groups in total. The van der Waals surface area contributed by atoms with Crippen LogP contribution in [0.3, 0.4) is 0 Å². The molecule has 0 amide bonds. The van der Waals surface area contributed by atoms with Gasteiger partial charge in [0.05, 0.1) is 0 Å². The Morgan fingerprint density at radius 1 is 0.809 bits per heavy atom. The summed E-state index contributed by atoms with van der Waals surface area (Å²) in [6, 6.07) is 25.9. The molecule has 238 valence electrons. The molecule has 0 bridgehead atoms. The lowest BCUT2D eigenvalue weighted by atomic mass is 9.71. The third-order valence-electron chi connectivity index (χ3n) is 11.4. The normalized spacial score (nSPS) is 15.3. The van der Waals surface area contributed by atoms with E-state index in [0.717, 1.165) is 6.42 Å². The minimum atomic E-state index is -0.162. The number of nitrogens with zero attached hydrogens (tertiary/aromatic N) is 1. The maximum atomic E-state index is 4.23. The topological polar surface area (TPSA) is 3.24 Å². The van der Waals surface area contributed by atoms with Gasteiger partial charge in [0.2, 0.25) is 0 Å². The molecule has 5 aromatic rings. The number of rotatable bonds is 5. The van der Waals surface area contributed by atoms with Crippen LogP contribution in [0, 0.1) is 34.6 Å². The molecule has 7 rings (SSSR count). The lowest BCUT2D eigenvalue weighted by molar-refractivity contribution is 0.636. The Labute approximate surface area is 282 Å². The molecule has 47 heavy (non-hydrogen) atoms. The second kappa shape index (κ2) is 11.7. The minimum Gasteiger partial charge on any atom is -0.344 e. The zero-order valence-electron chi connectivity index (χ0n) is 29.7. The fraction of sp³-hybridized carbons (Fsp3) is 0.304. The number of hydrogen-bond acceptors (Lipinski definition) is 1. The molecule has 1 heterocycles.